The average Bonchev–Trinajstić information content (AvgIpc) is 2.98. The van der Waals surface area contributed by atoms with E-state index in [1.165, 1.54) is 17.5 Å². The van der Waals surface area contributed by atoms with E-state index in [1.807, 2.05) is 0 Å². The van der Waals surface area contributed by atoms with Crippen molar-refractivity contribution in [1.82, 2.24) is 4.98 Å². The lowest BCUT2D eigenvalue weighted by Gasteiger charge is -2.11. The van der Waals surface area contributed by atoms with Crippen molar-refractivity contribution < 1.29 is 12.8 Å². The molecular formula is C14H17ClFN3O2S2. The van der Waals surface area contributed by atoms with Crippen LogP contribution < -0.4 is 11.1 Å². The number of hydrogen-bond acceptors (Lipinski definition) is 6. The smallest absolute Gasteiger partial charge is 0.187 e. The van der Waals surface area contributed by atoms with E-state index in [4.69, 9.17) is 17.3 Å². The minimum Gasteiger partial charge on any atom is -0.384 e. The predicted octanol–water partition coefficient (Wildman–Crippen LogP) is 3.06. The Hall–Kier alpha value is -1.22. The highest BCUT2D eigenvalue weighted by Gasteiger charge is 2.23. The maximum Gasteiger partial charge on any atom is 0.187 e. The second-order valence-electron chi connectivity index (χ2n) is 4.87. The summed E-state index contributed by atoms with van der Waals surface area (Å²) in [7, 11) is -3.84. The molecule has 23 heavy (non-hydrogen) atoms. The van der Waals surface area contributed by atoms with Gasteiger partial charge in [0.1, 0.15) is 21.5 Å². The molecule has 1 heterocycles. The van der Waals surface area contributed by atoms with Crippen LogP contribution in [0.1, 0.15) is 17.8 Å². The fraction of sp³-hybridized carbons (Fsp3) is 0.357. The lowest BCUT2D eigenvalue weighted by molar-refractivity contribution is 0.566. The normalized spacial score (nSPS) is 11.6. The largest absolute Gasteiger partial charge is 0.384 e. The molecule has 0 radical (unpaired) electrons. The number of thiazole rings is 1. The third-order valence-electron chi connectivity index (χ3n) is 3.10. The molecule has 0 saturated heterocycles. The second kappa shape index (κ2) is 8.05. The Kier molecular flexibility index (Phi) is 6.34. The fourth-order valence-corrected chi connectivity index (χ4v) is 4.60. The van der Waals surface area contributed by atoms with Crippen molar-refractivity contribution in [3.8, 4) is 0 Å². The van der Waals surface area contributed by atoms with Gasteiger partial charge in [0.25, 0.3) is 0 Å². The van der Waals surface area contributed by atoms with E-state index in [-0.39, 0.29) is 10.8 Å². The highest BCUT2D eigenvalue weighted by Crippen LogP contribution is 2.30. The number of anilines is 1. The Morgan fingerprint density at radius 3 is 2.78 bits per heavy atom. The van der Waals surface area contributed by atoms with Crippen LogP contribution in [0.25, 0.3) is 0 Å². The minimum atomic E-state index is -3.84. The number of unbranched alkanes of at least 4 members (excludes halogenated alkanes) is 1. The summed E-state index contributed by atoms with van der Waals surface area (Å²) in [6, 6.07) is 2.25. The molecule has 2 aromatic rings. The number of aromatic nitrogens is 1. The first-order valence-electron chi connectivity index (χ1n) is 6.98. The van der Waals surface area contributed by atoms with E-state index in [9.17, 15) is 12.8 Å². The number of sulfone groups is 1. The lowest BCUT2D eigenvalue weighted by atomic mass is 10.2. The molecule has 0 fully saturated rings. The highest BCUT2D eigenvalue weighted by molar-refractivity contribution is 7.90. The van der Waals surface area contributed by atoms with Crippen LogP contribution in [0, 0.1) is 5.82 Å². The number of nitrogens with one attached hydrogen (secondary N) is 1. The molecule has 1 aromatic heterocycles. The Morgan fingerprint density at radius 1 is 1.35 bits per heavy atom. The molecule has 3 N–H and O–H groups in total. The van der Waals surface area contributed by atoms with Gasteiger partial charge in [-0.2, -0.15) is 0 Å². The Balaban J connectivity index is 2.18. The number of hydrogen-bond donors (Lipinski definition) is 2. The van der Waals surface area contributed by atoms with Crippen molar-refractivity contribution in [2.45, 2.75) is 23.5 Å². The van der Waals surface area contributed by atoms with Gasteiger partial charge in [-0.15, -0.1) is 11.3 Å². The first kappa shape index (κ1) is 18.1. The summed E-state index contributed by atoms with van der Waals surface area (Å²) in [6.45, 7) is 1.17. The van der Waals surface area contributed by atoms with Gasteiger partial charge < -0.3 is 11.1 Å². The van der Waals surface area contributed by atoms with E-state index in [0.29, 0.717) is 23.8 Å². The van der Waals surface area contributed by atoms with E-state index in [1.54, 1.807) is 5.38 Å². The maximum atomic E-state index is 14.2. The molecule has 126 valence electrons. The van der Waals surface area contributed by atoms with Crippen LogP contribution in [0.3, 0.4) is 0 Å². The van der Waals surface area contributed by atoms with E-state index in [2.05, 4.69) is 10.3 Å². The summed E-state index contributed by atoms with van der Waals surface area (Å²) in [4.78, 5) is 3.50. The number of nitrogens with two attached hydrogens (primary N) is 1. The first-order chi connectivity index (χ1) is 10.9. The zero-order chi connectivity index (χ0) is 16.9. The quantitative estimate of drug-likeness (QED) is 0.690. The monoisotopic (exact) mass is 377 g/mol. The summed E-state index contributed by atoms with van der Waals surface area (Å²) in [5.74, 6) is -1.17. The topological polar surface area (TPSA) is 85.1 Å². The SMILES string of the molecule is NCCCCNc1cc(F)c(S(=O)(=O)Cc2nccs2)cc1Cl. The lowest BCUT2D eigenvalue weighted by Crippen LogP contribution is -2.10. The molecule has 1 aromatic carbocycles. The number of benzene rings is 1. The van der Waals surface area contributed by atoms with Crippen molar-refractivity contribution in [1.29, 1.82) is 0 Å². The van der Waals surface area contributed by atoms with E-state index >= 15 is 0 Å². The van der Waals surface area contributed by atoms with Gasteiger partial charge in [-0.3, -0.25) is 0 Å². The Bertz CT molecular complexity index is 752. The number of rotatable bonds is 8. The van der Waals surface area contributed by atoms with Crippen molar-refractivity contribution in [3.05, 3.63) is 39.6 Å². The average molecular weight is 378 g/mol. The van der Waals surface area contributed by atoms with Gasteiger partial charge in [0, 0.05) is 18.1 Å². The minimum absolute atomic E-state index is 0.164. The molecule has 0 aliphatic rings. The van der Waals surface area contributed by atoms with E-state index in [0.717, 1.165) is 25.0 Å². The van der Waals surface area contributed by atoms with Gasteiger partial charge in [0.05, 0.1) is 10.7 Å². The summed E-state index contributed by atoms with van der Waals surface area (Å²) >= 11 is 7.28. The van der Waals surface area contributed by atoms with Crippen LogP contribution in [0.15, 0.2) is 28.6 Å². The molecule has 2 rings (SSSR count). The highest BCUT2D eigenvalue weighted by atomic mass is 35.5. The zero-order valence-corrected chi connectivity index (χ0v) is 14.6. The Morgan fingerprint density at radius 2 is 2.13 bits per heavy atom. The molecule has 0 atom stereocenters. The molecule has 5 nitrogen and oxygen atoms in total. The molecule has 0 bridgehead atoms. The molecule has 0 spiro atoms. The maximum absolute atomic E-state index is 14.2. The predicted molar refractivity (Wildman–Crippen MR) is 91.2 cm³/mol. The Labute approximate surface area is 143 Å². The summed E-state index contributed by atoms with van der Waals surface area (Å²) in [6.07, 6.45) is 3.17. The van der Waals surface area contributed by atoms with Crippen LogP contribution in [-0.2, 0) is 15.6 Å². The van der Waals surface area contributed by atoms with Gasteiger partial charge in [0.2, 0.25) is 0 Å². The van der Waals surface area contributed by atoms with Crippen LogP contribution >= 0.6 is 22.9 Å². The van der Waals surface area contributed by atoms with Crippen LogP contribution in [0.4, 0.5) is 10.1 Å². The van der Waals surface area contributed by atoms with Gasteiger partial charge in [-0.25, -0.2) is 17.8 Å². The van der Waals surface area contributed by atoms with Crippen molar-refractivity contribution in [2.24, 2.45) is 5.73 Å². The third-order valence-corrected chi connectivity index (χ3v) is 6.01. The standard InChI is InChI=1S/C14H17ClFN3O2S2/c15-10-7-13(23(20,21)9-14-19-5-6-22-14)11(16)8-12(10)18-4-2-1-3-17/h5-8,18H,1-4,9,17H2. The first-order valence-corrected chi connectivity index (χ1v) is 9.89. The van der Waals surface area contributed by atoms with Crippen molar-refractivity contribution in [3.63, 3.8) is 0 Å². The molecule has 0 aliphatic heterocycles. The molecule has 0 saturated carbocycles. The third kappa shape index (κ3) is 4.87. The molecule has 9 heteroatoms. The molecular weight excluding hydrogens is 361 g/mol. The summed E-state index contributed by atoms with van der Waals surface area (Å²) in [5.41, 5.74) is 5.77. The van der Waals surface area contributed by atoms with Crippen molar-refractivity contribution in [2.75, 3.05) is 18.4 Å². The zero-order valence-electron chi connectivity index (χ0n) is 12.3. The van der Waals surface area contributed by atoms with Crippen LogP contribution in [0.2, 0.25) is 5.02 Å². The van der Waals surface area contributed by atoms with Gasteiger partial charge in [-0.1, -0.05) is 11.6 Å². The number of nitrogens with zero attached hydrogens (tertiary/aromatic N) is 1. The molecule has 0 amide bonds. The summed E-state index contributed by atoms with van der Waals surface area (Å²) in [5, 5.41) is 5.22. The molecule has 0 unspecified atom stereocenters. The van der Waals surface area contributed by atoms with Crippen molar-refractivity contribution >= 4 is 38.5 Å². The molecule has 0 aliphatic carbocycles. The van der Waals surface area contributed by atoms with E-state index < -0.39 is 20.5 Å². The van der Waals surface area contributed by atoms with Gasteiger partial charge in [0.15, 0.2) is 9.84 Å². The number of halogens is 2. The van der Waals surface area contributed by atoms with Crippen LogP contribution in [-0.4, -0.2) is 26.5 Å². The summed E-state index contributed by atoms with van der Waals surface area (Å²) < 4.78 is 38.8. The van der Waals surface area contributed by atoms with Crippen LogP contribution in [0.5, 0.6) is 0 Å². The fourth-order valence-electron chi connectivity index (χ4n) is 1.96. The second-order valence-corrected chi connectivity index (χ2v) is 8.21. The van der Waals surface area contributed by atoms with Gasteiger partial charge >= 0.3 is 0 Å². The van der Waals surface area contributed by atoms with Gasteiger partial charge in [-0.05, 0) is 31.5 Å².